The lowest BCUT2D eigenvalue weighted by molar-refractivity contribution is -0.140. The van der Waals surface area contributed by atoms with Crippen molar-refractivity contribution in [2.45, 2.75) is 37.7 Å². The Labute approximate surface area is 221 Å². The summed E-state index contributed by atoms with van der Waals surface area (Å²) in [6.45, 7) is 1.59. The fraction of sp³-hybridized carbons (Fsp3) is 0.375. The van der Waals surface area contributed by atoms with E-state index in [1.807, 2.05) is 30.3 Å². The Bertz CT molecular complexity index is 1300. The van der Waals surface area contributed by atoms with Gasteiger partial charge in [-0.2, -0.15) is 0 Å². The van der Waals surface area contributed by atoms with Crippen LogP contribution in [0, 0.1) is 6.92 Å². The highest BCUT2D eigenvalue weighted by molar-refractivity contribution is 7.99. The van der Waals surface area contributed by atoms with E-state index in [-0.39, 0.29) is 24.7 Å². The molecule has 14 heteroatoms. The van der Waals surface area contributed by atoms with Gasteiger partial charge >= 0.3 is 5.97 Å². The second-order valence-corrected chi connectivity index (χ2v) is 9.20. The zero-order chi connectivity index (χ0) is 27.5. The third-order valence-electron chi connectivity index (χ3n) is 5.44. The number of nitrogens with zero attached hydrogens (tertiary/aromatic N) is 4. The third-order valence-corrected chi connectivity index (χ3v) is 6.47. The Hall–Kier alpha value is -4.04. The second kappa shape index (κ2) is 14.0. The lowest BCUT2D eigenvalue weighted by Crippen LogP contribution is -2.48. The number of methoxy groups -OCH3 is 1. The molecular weight excluding hydrogens is 516 g/mol. The molecule has 3 rings (SSSR count). The summed E-state index contributed by atoms with van der Waals surface area (Å²) in [5.74, 6) is -1.93. The molecule has 202 valence electrons. The van der Waals surface area contributed by atoms with Gasteiger partial charge in [-0.15, -0.1) is 11.8 Å². The topological polar surface area (TPSA) is 179 Å². The minimum atomic E-state index is -1.28. The predicted molar refractivity (Wildman–Crippen MR) is 138 cm³/mol. The number of carboxylic acid groups (broad SMARTS) is 1. The van der Waals surface area contributed by atoms with Gasteiger partial charge in [0.25, 0.3) is 5.56 Å². The number of Topliss-reactive ketones (excluding diaryl/α,β-unsaturated/α-hetero) is 1. The number of nitrogens with one attached hydrogen (secondary N) is 2. The molecule has 13 nitrogen and oxygen atoms in total. The van der Waals surface area contributed by atoms with Crippen LogP contribution >= 0.6 is 11.8 Å². The van der Waals surface area contributed by atoms with Crippen molar-refractivity contribution in [2.75, 3.05) is 24.8 Å². The number of aliphatic carboxylic acids is 1. The number of thioether (sulfide) groups is 1. The van der Waals surface area contributed by atoms with Gasteiger partial charge in [0.2, 0.25) is 5.91 Å². The molecule has 0 fully saturated rings. The van der Waals surface area contributed by atoms with E-state index in [2.05, 4.69) is 30.6 Å². The molecule has 0 bridgehead atoms. The zero-order valence-electron chi connectivity index (χ0n) is 20.8. The summed E-state index contributed by atoms with van der Waals surface area (Å²) in [6, 6.07) is 7.03. The fourth-order valence-corrected chi connectivity index (χ4v) is 4.37. The van der Waals surface area contributed by atoms with E-state index < -0.39 is 41.7 Å². The summed E-state index contributed by atoms with van der Waals surface area (Å²) in [4.78, 5) is 54.6. The summed E-state index contributed by atoms with van der Waals surface area (Å²) in [5, 5.41) is 22.1. The number of hydrogen-bond donors (Lipinski definition) is 3. The minimum absolute atomic E-state index is 0.00165. The summed E-state index contributed by atoms with van der Waals surface area (Å²) < 4.78 is 10.9. The molecule has 0 aliphatic heterocycles. The first-order valence-corrected chi connectivity index (χ1v) is 12.7. The summed E-state index contributed by atoms with van der Waals surface area (Å²) in [6.07, 6.45) is 2.04. The van der Waals surface area contributed by atoms with Crippen molar-refractivity contribution in [3.8, 4) is 0 Å². The molecule has 0 radical (unpaired) electrons. The molecule has 2 heterocycles. The van der Waals surface area contributed by atoms with E-state index in [1.165, 1.54) is 31.3 Å². The normalized spacial score (nSPS) is 12.5. The number of aromatic nitrogens is 4. The lowest BCUT2D eigenvalue weighted by atomic mass is 10.1. The summed E-state index contributed by atoms with van der Waals surface area (Å²) >= 11 is 1.32. The summed E-state index contributed by atoms with van der Waals surface area (Å²) in [5.41, 5.74) is 1.41. The first-order valence-electron chi connectivity index (χ1n) is 11.5. The van der Waals surface area contributed by atoms with Crippen LogP contribution in [0.1, 0.15) is 29.4 Å². The Morgan fingerprint density at radius 1 is 1.21 bits per heavy atom. The first-order chi connectivity index (χ1) is 18.3. The number of hydrogen-bond acceptors (Lipinski definition) is 11. The van der Waals surface area contributed by atoms with E-state index in [9.17, 15) is 24.3 Å². The average Bonchev–Trinajstić information content (AvgIpc) is 3.31. The van der Waals surface area contributed by atoms with Crippen LogP contribution in [0.5, 0.6) is 0 Å². The van der Waals surface area contributed by atoms with Gasteiger partial charge in [-0.3, -0.25) is 23.7 Å². The quantitative estimate of drug-likeness (QED) is 0.249. The zero-order valence-corrected chi connectivity index (χ0v) is 21.6. The number of carbonyl (C=O) groups excluding carboxylic acids is 2. The van der Waals surface area contributed by atoms with Crippen molar-refractivity contribution in [1.29, 1.82) is 0 Å². The van der Waals surface area contributed by atoms with E-state index in [4.69, 9.17) is 4.74 Å². The van der Waals surface area contributed by atoms with Crippen molar-refractivity contribution >= 4 is 35.2 Å². The van der Waals surface area contributed by atoms with Crippen LogP contribution in [0.15, 0.2) is 52.1 Å². The molecule has 0 spiro atoms. The largest absolute Gasteiger partial charge is 0.481 e. The van der Waals surface area contributed by atoms with Gasteiger partial charge in [0.1, 0.15) is 17.4 Å². The molecule has 0 aliphatic rings. The number of ketones is 1. The molecule has 3 N–H and O–H groups in total. The number of ether oxygens (including phenoxy) is 1. The van der Waals surface area contributed by atoms with Crippen LogP contribution in [0.3, 0.4) is 0 Å². The highest BCUT2D eigenvalue weighted by Gasteiger charge is 2.29. The first kappa shape index (κ1) is 28.5. The maximum Gasteiger partial charge on any atom is 0.305 e. The highest BCUT2D eigenvalue weighted by Crippen LogP contribution is 2.14. The number of aryl methyl sites for hydroxylation is 1. The highest BCUT2D eigenvalue weighted by atomic mass is 32.2. The van der Waals surface area contributed by atoms with Crippen LogP contribution in [-0.2, 0) is 31.4 Å². The van der Waals surface area contributed by atoms with E-state index in [1.54, 1.807) is 6.92 Å². The Kier molecular flexibility index (Phi) is 10.5. The molecule has 0 saturated carbocycles. The van der Waals surface area contributed by atoms with Gasteiger partial charge in [0, 0.05) is 25.3 Å². The van der Waals surface area contributed by atoms with Crippen molar-refractivity contribution < 1.29 is 28.9 Å². The van der Waals surface area contributed by atoms with Crippen molar-refractivity contribution in [3.63, 3.8) is 0 Å². The van der Waals surface area contributed by atoms with E-state index in [0.29, 0.717) is 17.1 Å². The molecule has 3 aromatic rings. The predicted octanol–water partition coefficient (Wildman–Crippen LogP) is 1.20. The number of amides is 1. The fourth-order valence-electron chi connectivity index (χ4n) is 3.44. The number of benzene rings is 1. The van der Waals surface area contributed by atoms with Crippen LogP contribution in [0.4, 0.5) is 5.82 Å². The molecular formula is C24H28N6O7S. The maximum atomic E-state index is 13.2. The number of rotatable bonds is 15. The Balaban J connectivity index is 1.71. The van der Waals surface area contributed by atoms with Crippen LogP contribution < -0.4 is 16.2 Å². The molecule has 1 aromatic carbocycles. The molecule has 2 unspecified atom stereocenters. The summed E-state index contributed by atoms with van der Waals surface area (Å²) in [7, 11) is 1.35. The van der Waals surface area contributed by atoms with Crippen LogP contribution in [0.25, 0.3) is 0 Å². The van der Waals surface area contributed by atoms with Crippen molar-refractivity contribution in [2.24, 2.45) is 0 Å². The van der Waals surface area contributed by atoms with Gasteiger partial charge < -0.3 is 20.5 Å². The number of anilines is 1. The van der Waals surface area contributed by atoms with Gasteiger partial charge in [-0.25, -0.2) is 9.61 Å². The van der Waals surface area contributed by atoms with E-state index >= 15 is 0 Å². The number of carbonyl (C=O) groups is 3. The molecule has 0 saturated heterocycles. The van der Waals surface area contributed by atoms with Gasteiger partial charge in [-0.05, 0) is 12.5 Å². The molecule has 2 aromatic heterocycles. The monoisotopic (exact) mass is 544 g/mol. The smallest absolute Gasteiger partial charge is 0.305 e. The molecule has 38 heavy (non-hydrogen) atoms. The van der Waals surface area contributed by atoms with Crippen molar-refractivity contribution in [1.82, 2.24) is 25.2 Å². The number of carboxylic acids is 1. The lowest BCUT2D eigenvalue weighted by Gasteiger charge is -2.22. The van der Waals surface area contributed by atoms with Crippen LogP contribution in [0.2, 0.25) is 0 Å². The Morgan fingerprint density at radius 2 is 1.97 bits per heavy atom. The Morgan fingerprint density at radius 3 is 2.63 bits per heavy atom. The SMILES string of the molecule is COCC(C(=O)NC(CC(=O)O)C(=O)CSCc1ccccc1)n1ccnc(NCc2nonc2C)c1=O. The van der Waals surface area contributed by atoms with Gasteiger partial charge in [0.15, 0.2) is 11.6 Å². The molecule has 1 amide bonds. The molecule has 2 atom stereocenters. The maximum absolute atomic E-state index is 13.2. The minimum Gasteiger partial charge on any atom is -0.481 e. The average molecular weight is 545 g/mol. The van der Waals surface area contributed by atoms with Crippen molar-refractivity contribution in [3.05, 3.63) is 70.0 Å². The van der Waals surface area contributed by atoms with Crippen LogP contribution in [-0.4, -0.2) is 68.1 Å². The van der Waals surface area contributed by atoms with E-state index in [0.717, 1.165) is 10.1 Å². The van der Waals surface area contributed by atoms with Gasteiger partial charge in [-0.1, -0.05) is 40.6 Å². The van der Waals surface area contributed by atoms with Gasteiger partial charge in [0.05, 0.1) is 31.4 Å². The molecule has 0 aliphatic carbocycles. The standard InChI is InChI=1S/C24H28N6O7S/c1-15-18(29-37-28-15)11-26-22-24(35)30(9-8-25-22)19(12-36-2)23(34)27-17(10-21(32)33)20(31)14-38-13-16-6-4-3-5-7-16/h3-9,17,19H,10-14H2,1-2H3,(H,25,26)(H,27,34)(H,32,33). The second-order valence-electron chi connectivity index (χ2n) is 8.21. The third kappa shape index (κ3) is 7.98.